The Kier molecular flexibility index (Phi) is 5.84. The van der Waals surface area contributed by atoms with Crippen molar-refractivity contribution in [1.29, 1.82) is 5.26 Å². The van der Waals surface area contributed by atoms with Crippen molar-refractivity contribution in [3.05, 3.63) is 59.0 Å². The Morgan fingerprint density at radius 3 is 2.52 bits per heavy atom. The zero-order chi connectivity index (χ0) is 21.0. The molecule has 3 rings (SSSR count). The predicted molar refractivity (Wildman–Crippen MR) is 102 cm³/mol. The highest BCUT2D eigenvalue weighted by Gasteiger charge is 2.35. The van der Waals surface area contributed by atoms with E-state index in [9.17, 15) is 18.4 Å². The molecule has 0 aliphatic heterocycles. The fourth-order valence-corrected chi connectivity index (χ4v) is 3.33. The smallest absolute Gasteiger partial charge is 0.368 e. The van der Waals surface area contributed by atoms with Crippen LogP contribution in [0.15, 0.2) is 41.4 Å². The van der Waals surface area contributed by atoms with Crippen LogP contribution < -0.4 is 11.1 Å². The van der Waals surface area contributed by atoms with Crippen LogP contribution in [0.2, 0.25) is 0 Å². The molecule has 2 aromatic heterocycles. The number of aromatic nitrogens is 4. The van der Waals surface area contributed by atoms with E-state index in [2.05, 4.69) is 25.3 Å². The molecule has 3 aromatic rings. The number of aryl methyl sites for hydroxylation is 1. The first-order chi connectivity index (χ1) is 13.8. The standard InChI is InChI=1S/C18H14F3N7S/c1-10-7-13(18(19,20)21)12(8-22)15(24-10)29-9-14-26-16(23)28-17(27-14)25-11-5-3-2-4-6-11/h2-7H,9H2,1H3,(H3,23,25,26,27,28). The zero-order valence-electron chi connectivity index (χ0n) is 15.0. The number of benzene rings is 1. The number of nitriles is 1. The maximum absolute atomic E-state index is 13.2. The Morgan fingerprint density at radius 1 is 1.14 bits per heavy atom. The number of pyridine rings is 1. The van der Waals surface area contributed by atoms with E-state index in [1.807, 2.05) is 30.3 Å². The van der Waals surface area contributed by atoms with Gasteiger partial charge in [-0.15, -0.1) is 0 Å². The van der Waals surface area contributed by atoms with Gasteiger partial charge in [0, 0.05) is 11.4 Å². The number of alkyl halides is 3. The summed E-state index contributed by atoms with van der Waals surface area (Å²) in [6.45, 7) is 1.43. The van der Waals surface area contributed by atoms with E-state index in [4.69, 9.17) is 5.73 Å². The minimum atomic E-state index is -4.65. The molecule has 2 heterocycles. The van der Waals surface area contributed by atoms with Crippen molar-refractivity contribution in [2.45, 2.75) is 23.9 Å². The first kappa shape index (κ1) is 20.3. The number of nitrogens with zero attached hydrogens (tertiary/aromatic N) is 5. The fourth-order valence-electron chi connectivity index (χ4n) is 2.42. The summed E-state index contributed by atoms with van der Waals surface area (Å²) in [6, 6.07) is 11.6. The molecule has 7 nitrogen and oxygen atoms in total. The van der Waals surface area contributed by atoms with Gasteiger partial charge in [-0.2, -0.15) is 33.4 Å². The first-order valence-electron chi connectivity index (χ1n) is 8.20. The lowest BCUT2D eigenvalue weighted by molar-refractivity contribution is -0.138. The van der Waals surface area contributed by atoms with Gasteiger partial charge in [0.05, 0.1) is 16.9 Å². The molecule has 0 radical (unpaired) electrons. The van der Waals surface area contributed by atoms with Crippen molar-refractivity contribution in [3.63, 3.8) is 0 Å². The first-order valence-corrected chi connectivity index (χ1v) is 9.19. The van der Waals surface area contributed by atoms with Crippen molar-refractivity contribution in [1.82, 2.24) is 19.9 Å². The number of para-hydroxylation sites is 1. The lowest BCUT2D eigenvalue weighted by Gasteiger charge is -2.12. The number of nitrogens with two attached hydrogens (primary N) is 1. The summed E-state index contributed by atoms with van der Waals surface area (Å²) in [6.07, 6.45) is -4.65. The third-order valence-electron chi connectivity index (χ3n) is 3.60. The van der Waals surface area contributed by atoms with E-state index in [1.165, 1.54) is 6.92 Å². The average Bonchev–Trinajstić information content (AvgIpc) is 2.65. The highest BCUT2D eigenvalue weighted by atomic mass is 32.2. The molecule has 1 aromatic carbocycles. The van der Waals surface area contributed by atoms with Gasteiger partial charge in [0.1, 0.15) is 16.9 Å². The molecule has 0 amide bonds. The maximum atomic E-state index is 13.2. The van der Waals surface area contributed by atoms with E-state index in [-0.39, 0.29) is 34.2 Å². The monoisotopic (exact) mass is 417 g/mol. The number of halogens is 3. The lowest BCUT2D eigenvalue weighted by atomic mass is 10.1. The van der Waals surface area contributed by atoms with Crippen LogP contribution in [-0.2, 0) is 11.9 Å². The van der Waals surface area contributed by atoms with Crippen molar-refractivity contribution in [3.8, 4) is 6.07 Å². The Balaban J connectivity index is 1.85. The van der Waals surface area contributed by atoms with E-state index >= 15 is 0 Å². The van der Waals surface area contributed by atoms with Crippen LogP contribution in [0.3, 0.4) is 0 Å². The van der Waals surface area contributed by atoms with Gasteiger partial charge in [0.2, 0.25) is 11.9 Å². The largest absolute Gasteiger partial charge is 0.417 e. The maximum Gasteiger partial charge on any atom is 0.417 e. The predicted octanol–water partition coefficient (Wildman–Crippen LogP) is 4.08. The number of hydrogen-bond acceptors (Lipinski definition) is 8. The van der Waals surface area contributed by atoms with Gasteiger partial charge in [-0.1, -0.05) is 30.0 Å². The van der Waals surface area contributed by atoms with E-state index < -0.39 is 17.3 Å². The van der Waals surface area contributed by atoms with E-state index in [1.54, 1.807) is 6.07 Å². The van der Waals surface area contributed by atoms with Crippen LogP contribution in [0.5, 0.6) is 0 Å². The highest BCUT2D eigenvalue weighted by molar-refractivity contribution is 7.98. The molecule has 0 unspecified atom stereocenters. The van der Waals surface area contributed by atoms with Crippen LogP contribution in [0, 0.1) is 18.3 Å². The van der Waals surface area contributed by atoms with Crippen molar-refractivity contribution in [2.24, 2.45) is 0 Å². The van der Waals surface area contributed by atoms with Crippen LogP contribution in [0.1, 0.15) is 22.6 Å². The number of anilines is 3. The minimum Gasteiger partial charge on any atom is -0.368 e. The van der Waals surface area contributed by atoms with Crippen LogP contribution in [0.25, 0.3) is 0 Å². The van der Waals surface area contributed by atoms with Crippen LogP contribution in [0.4, 0.5) is 30.8 Å². The molecule has 0 spiro atoms. The SMILES string of the molecule is Cc1cc(C(F)(F)F)c(C#N)c(SCc2nc(N)nc(Nc3ccccc3)n2)n1. The quantitative estimate of drug-likeness (QED) is 0.597. The minimum absolute atomic E-state index is 0.0391. The number of hydrogen-bond donors (Lipinski definition) is 2. The number of nitrogens with one attached hydrogen (secondary N) is 1. The van der Waals surface area contributed by atoms with Crippen LogP contribution in [-0.4, -0.2) is 19.9 Å². The summed E-state index contributed by atoms with van der Waals surface area (Å²) in [7, 11) is 0. The fraction of sp³-hybridized carbons (Fsp3) is 0.167. The normalized spacial score (nSPS) is 11.1. The molecule has 0 atom stereocenters. The third-order valence-corrected chi connectivity index (χ3v) is 4.57. The van der Waals surface area contributed by atoms with E-state index in [0.717, 1.165) is 23.5 Å². The second kappa shape index (κ2) is 8.32. The van der Waals surface area contributed by atoms with Crippen molar-refractivity contribution in [2.75, 3.05) is 11.1 Å². The number of nitrogen functional groups attached to an aromatic ring is 1. The lowest BCUT2D eigenvalue weighted by Crippen LogP contribution is -2.11. The molecule has 0 aliphatic rings. The van der Waals surface area contributed by atoms with Gasteiger partial charge in [-0.25, -0.2) is 4.98 Å². The molecule has 0 saturated heterocycles. The Labute approximate surface area is 168 Å². The molecule has 29 heavy (non-hydrogen) atoms. The molecule has 0 aliphatic carbocycles. The van der Waals surface area contributed by atoms with Crippen molar-refractivity contribution < 1.29 is 13.2 Å². The molecule has 0 fully saturated rings. The van der Waals surface area contributed by atoms with Gasteiger partial charge >= 0.3 is 6.18 Å². The molecular formula is C18H14F3N7S. The Bertz CT molecular complexity index is 1070. The Hall–Kier alpha value is -3.39. The molecule has 0 saturated carbocycles. The van der Waals surface area contributed by atoms with Gasteiger partial charge in [-0.05, 0) is 25.1 Å². The van der Waals surface area contributed by atoms with Gasteiger partial charge in [0.25, 0.3) is 0 Å². The second-order valence-electron chi connectivity index (χ2n) is 5.81. The molecule has 0 bridgehead atoms. The third kappa shape index (κ3) is 5.11. The summed E-state index contributed by atoms with van der Waals surface area (Å²) in [5.74, 6) is 0.455. The molecule has 3 N–H and O–H groups in total. The summed E-state index contributed by atoms with van der Waals surface area (Å²) in [4.78, 5) is 16.3. The average molecular weight is 417 g/mol. The topological polar surface area (TPSA) is 113 Å². The zero-order valence-corrected chi connectivity index (χ0v) is 15.8. The summed E-state index contributed by atoms with van der Waals surface area (Å²) in [5, 5.41) is 12.2. The van der Waals surface area contributed by atoms with Gasteiger partial charge in [0.15, 0.2) is 0 Å². The number of thioether (sulfide) groups is 1. The molecule has 148 valence electrons. The Morgan fingerprint density at radius 2 is 1.86 bits per heavy atom. The van der Waals surface area contributed by atoms with E-state index in [0.29, 0.717) is 0 Å². The van der Waals surface area contributed by atoms with Crippen LogP contribution >= 0.6 is 11.8 Å². The van der Waals surface area contributed by atoms with Gasteiger partial charge < -0.3 is 11.1 Å². The molecule has 11 heteroatoms. The van der Waals surface area contributed by atoms with Crippen molar-refractivity contribution >= 4 is 29.3 Å². The highest BCUT2D eigenvalue weighted by Crippen LogP contribution is 2.36. The van der Waals surface area contributed by atoms with Gasteiger partial charge in [-0.3, -0.25) is 0 Å². The summed E-state index contributed by atoms with van der Waals surface area (Å²) in [5.41, 5.74) is 5.06. The number of rotatable bonds is 5. The second-order valence-corrected chi connectivity index (χ2v) is 6.78. The molecular weight excluding hydrogens is 403 g/mol. The summed E-state index contributed by atoms with van der Waals surface area (Å²) < 4.78 is 39.7. The summed E-state index contributed by atoms with van der Waals surface area (Å²) >= 11 is 0.923.